The molecule has 3 aliphatic rings. The number of nitrogens with zero attached hydrogens (tertiary/aromatic N) is 4. The van der Waals surface area contributed by atoms with Crippen LogP contribution in [0.4, 0.5) is 22.7 Å². The predicted octanol–water partition coefficient (Wildman–Crippen LogP) is 3.02. The quantitative estimate of drug-likeness (QED) is 0.442. The molecule has 36 heavy (non-hydrogen) atoms. The second kappa shape index (κ2) is 7.51. The molecule has 0 radical (unpaired) electrons. The van der Waals surface area contributed by atoms with Gasteiger partial charge in [0.1, 0.15) is 0 Å². The summed E-state index contributed by atoms with van der Waals surface area (Å²) in [4.78, 5) is 8.81. The van der Waals surface area contributed by atoms with Crippen molar-refractivity contribution in [2.45, 2.75) is 24.0 Å². The summed E-state index contributed by atoms with van der Waals surface area (Å²) in [6, 6.07) is 20.8. The number of hydrogen-bond donors (Lipinski definition) is 0. The van der Waals surface area contributed by atoms with Crippen LogP contribution in [0.5, 0.6) is 0 Å². The van der Waals surface area contributed by atoms with Gasteiger partial charge in [0.15, 0.2) is 0 Å². The molecule has 0 atom stereocenters. The molecule has 4 aromatic rings. The van der Waals surface area contributed by atoms with E-state index in [0.29, 0.717) is 0 Å². The minimum Gasteiger partial charge on any atom is -0.851 e. The van der Waals surface area contributed by atoms with Crippen molar-refractivity contribution >= 4 is 44.3 Å². The van der Waals surface area contributed by atoms with Crippen LogP contribution in [0.1, 0.15) is 23.0 Å². The zero-order valence-electron chi connectivity index (χ0n) is 21.1. The molecule has 0 unspecified atom stereocenters. The van der Waals surface area contributed by atoms with E-state index in [4.69, 9.17) is 0 Å². The summed E-state index contributed by atoms with van der Waals surface area (Å²) in [5.74, 6) is -1.11. The Labute approximate surface area is 211 Å². The first-order chi connectivity index (χ1) is 17.4. The Morgan fingerprint density at radius 1 is 0.556 bits per heavy atom. The smallest absolute Gasteiger partial charge is 0.0897 e. The van der Waals surface area contributed by atoms with Crippen LogP contribution in [0.15, 0.2) is 60.7 Å². The van der Waals surface area contributed by atoms with Crippen molar-refractivity contribution in [2.75, 3.05) is 61.1 Å². The SMILES string of the molecule is CN1CN(C)c2c(C3C([O-])C(c4ccc5cccc6c5c4N(C)CN6C)C3[O-])ccc3cccc1c23. The average molecular weight is 479 g/mol. The Bertz CT molecular complexity index is 1410. The van der Waals surface area contributed by atoms with E-state index in [1.165, 1.54) is 0 Å². The first-order valence-corrected chi connectivity index (χ1v) is 12.6. The van der Waals surface area contributed by atoms with Crippen LogP contribution in [0.25, 0.3) is 21.5 Å². The van der Waals surface area contributed by atoms with Gasteiger partial charge in [-0.15, -0.1) is 12.2 Å². The van der Waals surface area contributed by atoms with Gasteiger partial charge >= 0.3 is 0 Å². The number of benzene rings is 4. The van der Waals surface area contributed by atoms with Gasteiger partial charge in [0.05, 0.1) is 24.7 Å². The third kappa shape index (κ3) is 2.74. The van der Waals surface area contributed by atoms with Gasteiger partial charge in [0, 0.05) is 50.3 Å². The Morgan fingerprint density at radius 3 is 1.39 bits per heavy atom. The molecule has 1 saturated carbocycles. The first kappa shape index (κ1) is 21.8. The van der Waals surface area contributed by atoms with E-state index in [2.05, 4.69) is 96.3 Å². The molecule has 184 valence electrons. The van der Waals surface area contributed by atoms with Gasteiger partial charge < -0.3 is 29.8 Å². The highest BCUT2D eigenvalue weighted by atomic mass is 16.3. The lowest BCUT2D eigenvalue weighted by molar-refractivity contribution is -0.535. The normalized spacial score (nSPS) is 25.1. The predicted molar refractivity (Wildman–Crippen MR) is 144 cm³/mol. The fourth-order valence-electron chi connectivity index (χ4n) is 7.02. The molecule has 0 saturated heterocycles. The topological polar surface area (TPSA) is 59.1 Å². The van der Waals surface area contributed by atoms with Gasteiger partial charge in [-0.1, -0.05) is 48.5 Å². The van der Waals surface area contributed by atoms with Crippen molar-refractivity contribution in [3.8, 4) is 0 Å². The molecule has 7 rings (SSSR count). The van der Waals surface area contributed by atoms with Crippen molar-refractivity contribution in [1.29, 1.82) is 0 Å². The van der Waals surface area contributed by atoms with Crippen molar-refractivity contribution < 1.29 is 10.2 Å². The zero-order valence-corrected chi connectivity index (χ0v) is 21.1. The third-order valence-electron chi connectivity index (χ3n) is 8.62. The number of anilines is 4. The lowest BCUT2D eigenvalue weighted by Crippen LogP contribution is -2.64. The second-order valence-electron chi connectivity index (χ2n) is 10.8. The Hall–Kier alpha value is -3.48. The molecule has 6 nitrogen and oxygen atoms in total. The van der Waals surface area contributed by atoms with Crippen molar-refractivity contribution in [2.24, 2.45) is 0 Å². The lowest BCUT2D eigenvalue weighted by atomic mass is 9.62. The Kier molecular flexibility index (Phi) is 4.54. The molecule has 0 N–H and O–H groups in total. The Morgan fingerprint density at radius 2 is 0.972 bits per heavy atom. The molecular formula is C30H30N4O2-2. The minimum atomic E-state index is -0.977. The van der Waals surface area contributed by atoms with Crippen molar-refractivity contribution in [3.05, 3.63) is 71.8 Å². The molecule has 6 heteroatoms. The number of rotatable bonds is 2. The fourth-order valence-corrected chi connectivity index (χ4v) is 7.02. The molecule has 2 heterocycles. The highest BCUT2D eigenvalue weighted by Gasteiger charge is 2.42. The summed E-state index contributed by atoms with van der Waals surface area (Å²) >= 11 is 0. The zero-order chi connectivity index (χ0) is 24.9. The number of hydrogen-bond acceptors (Lipinski definition) is 6. The van der Waals surface area contributed by atoms with Crippen molar-refractivity contribution in [3.63, 3.8) is 0 Å². The molecule has 4 aromatic carbocycles. The molecule has 0 bridgehead atoms. The van der Waals surface area contributed by atoms with Gasteiger partial charge in [0.25, 0.3) is 0 Å². The fraction of sp³-hybridized carbons (Fsp3) is 0.333. The van der Waals surface area contributed by atoms with Crippen LogP contribution in [0.3, 0.4) is 0 Å². The van der Waals surface area contributed by atoms with Crippen molar-refractivity contribution in [1.82, 2.24) is 0 Å². The summed E-state index contributed by atoms with van der Waals surface area (Å²) in [6.45, 7) is 1.45. The van der Waals surface area contributed by atoms with Crippen LogP contribution in [0.2, 0.25) is 0 Å². The van der Waals surface area contributed by atoms with E-state index in [9.17, 15) is 10.2 Å². The molecule has 0 spiro atoms. The maximum Gasteiger partial charge on any atom is 0.0897 e. The van der Waals surface area contributed by atoms with Gasteiger partial charge in [-0.05, 0) is 45.9 Å². The van der Waals surface area contributed by atoms with Gasteiger partial charge in [-0.3, -0.25) is 0 Å². The van der Waals surface area contributed by atoms with E-state index in [1.54, 1.807) is 0 Å². The van der Waals surface area contributed by atoms with Crippen LogP contribution < -0.4 is 29.8 Å². The first-order valence-electron chi connectivity index (χ1n) is 12.6. The largest absolute Gasteiger partial charge is 0.851 e. The maximum absolute atomic E-state index is 14.0. The van der Waals surface area contributed by atoms with E-state index in [-0.39, 0.29) is 0 Å². The standard InChI is InChI=1S/C30H30N4O2/c1-31-15-33(3)27-19(13-11-17-7-5-9-21(31)23(17)27)25-29(35)26(30(25)36)20-14-12-18-8-6-10-22-24(18)28(20)34(4)16-32(22)2/h5-14,25-26,29-30H,15-16H2,1-4H3/q-2. The molecule has 0 amide bonds. The van der Waals surface area contributed by atoms with Crippen LogP contribution >= 0.6 is 0 Å². The van der Waals surface area contributed by atoms with Crippen LogP contribution in [0, 0.1) is 0 Å². The lowest BCUT2D eigenvalue weighted by Gasteiger charge is -2.63. The summed E-state index contributed by atoms with van der Waals surface area (Å²) in [7, 11) is 8.28. The maximum atomic E-state index is 14.0. The van der Waals surface area contributed by atoms with Gasteiger partial charge in [-0.25, -0.2) is 0 Å². The van der Waals surface area contributed by atoms with E-state index in [0.717, 1.165) is 68.8 Å². The van der Waals surface area contributed by atoms with Crippen LogP contribution in [-0.4, -0.2) is 53.7 Å². The Balaban J connectivity index is 1.35. The van der Waals surface area contributed by atoms with Gasteiger partial charge in [-0.2, -0.15) is 0 Å². The summed E-state index contributed by atoms with van der Waals surface area (Å²) < 4.78 is 0. The van der Waals surface area contributed by atoms with Gasteiger partial charge in [0.2, 0.25) is 0 Å². The molecule has 2 aliphatic heterocycles. The van der Waals surface area contributed by atoms with E-state index >= 15 is 0 Å². The monoisotopic (exact) mass is 478 g/mol. The molecular weight excluding hydrogens is 448 g/mol. The van der Waals surface area contributed by atoms with Crippen LogP contribution in [-0.2, 0) is 0 Å². The second-order valence-corrected chi connectivity index (χ2v) is 10.8. The third-order valence-corrected chi connectivity index (χ3v) is 8.62. The summed E-state index contributed by atoms with van der Waals surface area (Å²) in [5.41, 5.74) is 6.22. The average Bonchev–Trinajstić information content (AvgIpc) is 2.86. The molecule has 1 aliphatic carbocycles. The highest BCUT2D eigenvalue weighted by Crippen LogP contribution is 2.54. The van der Waals surface area contributed by atoms with E-state index in [1.807, 2.05) is 12.1 Å². The highest BCUT2D eigenvalue weighted by molar-refractivity contribution is 6.08. The minimum absolute atomic E-state index is 0.553. The molecule has 0 aromatic heterocycles. The summed E-state index contributed by atoms with van der Waals surface area (Å²) in [5, 5.41) is 32.5. The van der Waals surface area contributed by atoms with E-state index < -0.39 is 24.0 Å². The molecule has 1 fully saturated rings. The summed E-state index contributed by atoms with van der Waals surface area (Å²) in [6.07, 6.45) is -1.95.